The maximum atomic E-state index is 14.7. The Morgan fingerprint density at radius 2 is 1.40 bits per heavy atom. The topological polar surface area (TPSA) is 82.1 Å². The number of benzene rings is 2. The van der Waals surface area contributed by atoms with Crippen LogP contribution < -0.4 is 10.4 Å². The maximum absolute atomic E-state index is 14.7. The molecule has 0 aromatic heterocycles. The Morgan fingerprint density at radius 3 is 1.80 bits per heavy atom. The average molecular weight is 503 g/mol. The highest BCUT2D eigenvalue weighted by molar-refractivity contribution is 6.99. The highest BCUT2D eigenvalue weighted by Crippen LogP contribution is 2.37. The molecule has 0 fully saturated rings. The predicted molar refractivity (Wildman–Crippen MR) is 136 cm³/mol. The van der Waals surface area contributed by atoms with E-state index in [4.69, 9.17) is 4.43 Å². The first kappa shape index (κ1) is 28.4. The molecule has 0 unspecified atom stereocenters. The van der Waals surface area contributed by atoms with Gasteiger partial charge in [0.15, 0.2) is 5.92 Å². The van der Waals surface area contributed by atoms with Crippen molar-refractivity contribution < 1.29 is 33.0 Å². The summed E-state index contributed by atoms with van der Waals surface area (Å²) in [6.07, 6.45) is -0.693. The van der Waals surface area contributed by atoms with Crippen LogP contribution in [-0.4, -0.2) is 52.3 Å². The lowest BCUT2D eigenvalue weighted by Crippen LogP contribution is -2.66. The van der Waals surface area contributed by atoms with E-state index >= 15 is 0 Å². The van der Waals surface area contributed by atoms with Crippen molar-refractivity contribution in [1.29, 1.82) is 0 Å². The molecule has 190 valence electrons. The summed E-state index contributed by atoms with van der Waals surface area (Å²) in [7, 11) is -0.534. The van der Waals surface area contributed by atoms with Crippen molar-refractivity contribution >= 4 is 30.6 Å². The van der Waals surface area contributed by atoms with Gasteiger partial charge in [0.2, 0.25) is 0 Å². The summed E-state index contributed by atoms with van der Waals surface area (Å²) in [6, 6.07) is 20.0. The number of aliphatic hydroxyl groups excluding tert-OH is 1. The van der Waals surface area contributed by atoms with E-state index in [1.165, 1.54) is 0 Å². The molecule has 35 heavy (non-hydrogen) atoms. The number of methoxy groups -OCH3 is 2. The lowest BCUT2D eigenvalue weighted by atomic mass is 10.0. The summed E-state index contributed by atoms with van der Waals surface area (Å²) in [4.78, 5) is 23.6. The zero-order valence-corrected chi connectivity index (χ0v) is 22.0. The molecular weight excluding hydrogens is 467 g/mol. The molecule has 0 radical (unpaired) electrons. The summed E-state index contributed by atoms with van der Waals surface area (Å²) in [5.74, 6) is -3.79. The van der Waals surface area contributed by atoms with Gasteiger partial charge >= 0.3 is 11.9 Å². The Bertz CT molecular complexity index is 932. The summed E-state index contributed by atoms with van der Waals surface area (Å²) >= 11 is 0. The minimum absolute atomic E-state index is 0.00788. The second kappa shape index (κ2) is 12.8. The van der Waals surface area contributed by atoms with Crippen LogP contribution in [0.1, 0.15) is 33.6 Å². The molecular formula is C27H35FO6Si. The monoisotopic (exact) mass is 502 g/mol. The third-order valence-corrected chi connectivity index (χ3v) is 11.0. The van der Waals surface area contributed by atoms with E-state index in [2.05, 4.69) is 54.5 Å². The van der Waals surface area contributed by atoms with Crippen molar-refractivity contribution in [1.82, 2.24) is 0 Å². The van der Waals surface area contributed by atoms with Crippen LogP contribution in [0.25, 0.3) is 0 Å². The third kappa shape index (κ3) is 6.87. The van der Waals surface area contributed by atoms with Crippen molar-refractivity contribution in [2.24, 2.45) is 5.92 Å². The van der Waals surface area contributed by atoms with E-state index in [1.807, 2.05) is 36.4 Å². The zero-order chi connectivity index (χ0) is 26.1. The van der Waals surface area contributed by atoms with Crippen molar-refractivity contribution in [3.05, 3.63) is 72.6 Å². The molecule has 0 saturated heterocycles. The number of rotatable bonds is 11. The van der Waals surface area contributed by atoms with Gasteiger partial charge in [-0.25, -0.2) is 4.39 Å². The van der Waals surface area contributed by atoms with E-state index in [0.29, 0.717) is 0 Å². The number of esters is 2. The zero-order valence-electron chi connectivity index (χ0n) is 21.0. The molecule has 0 heterocycles. The lowest BCUT2D eigenvalue weighted by molar-refractivity contribution is -0.158. The van der Waals surface area contributed by atoms with Crippen molar-refractivity contribution in [2.45, 2.75) is 44.8 Å². The standard InChI is InChI=1S/C27H35FO6Si/c1-27(2,3)35(20-12-8-6-9-13-20,21-14-10-7-11-15-21)34-19-18-24(29)23(28)17-16-22(25(30)32-4)26(31)33-5/h6-15,17,22,24,29H,16,18-19H2,1-5H3/b23-17-/t24-/m1/s1. The maximum Gasteiger partial charge on any atom is 0.320 e. The van der Waals surface area contributed by atoms with Crippen molar-refractivity contribution in [3.8, 4) is 0 Å². The quantitative estimate of drug-likeness (QED) is 0.288. The van der Waals surface area contributed by atoms with Crippen LogP contribution in [0.5, 0.6) is 0 Å². The van der Waals surface area contributed by atoms with Crippen LogP contribution in [0.4, 0.5) is 4.39 Å². The Balaban J connectivity index is 2.23. The normalized spacial score (nSPS) is 13.4. The second-order valence-corrected chi connectivity index (χ2v) is 13.5. The molecule has 8 heteroatoms. The summed E-state index contributed by atoms with van der Waals surface area (Å²) in [6.45, 7) is 6.52. The molecule has 2 rings (SSSR count). The molecule has 0 aliphatic carbocycles. The number of hydrogen-bond donors (Lipinski definition) is 1. The van der Waals surface area contributed by atoms with Crippen LogP contribution in [-0.2, 0) is 23.5 Å². The van der Waals surface area contributed by atoms with Gasteiger partial charge in [0.25, 0.3) is 8.32 Å². The number of ether oxygens (including phenoxy) is 2. The Morgan fingerprint density at radius 1 is 0.943 bits per heavy atom. The minimum Gasteiger partial charge on any atom is -0.468 e. The van der Waals surface area contributed by atoms with Crippen LogP contribution in [0.2, 0.25) is 5.04 Å². The molecule has 2 aromatic rings. The largest absolute Gasteiger partial charge is 0.468 e. The second-order valence-electron chi connectivity index (χ2n) is 9.24. The van der Waals surface area contributed by atoms with Crippen LogP contribution in [0.15, 0.2) is 72.6 Å². The first-order valence-electron chi connectivity index (χ1n) is 11.5. The Kier molecular flexibility index (Phi) is 10.4. The van der Waals surface area contributed by atoms with E-state index < -0.39 is 38.1 Å². The molecule has 0 amide bonds. The number of halogens is 1. The van der Waals surface area contributed by atoms with Gasteiger partial charge in [-0.05, 0) is 27.9 Å². The van der Waals surface area contributed by atoms with Gasteiger partial charge in [0.05, 0.1) is 14.2 Å². The highest BCUT2D eigenvalue weighted by Gasteiger charge is 2.50. The number of hydrogen-bond acceptors (Lipinski definition) is 6. The molecule has 0 bridgehead atoms. The van der Waals surface area contributed by atoms with Crippen molar-refractivity contribution in [2.75, 3.05) is 20.8 Å². The molecule has 0 aliphatic heterocycles. The SMILES string of the molecule is COC(=O)C(C/C=C(\F)[C@H](O)CCO[Si](c1ccccc1)(c1ccccc1)C(C)(C)C)C(=O)OC. The fraction of sp³-hybridized carbons (Fsp3) is 0.407. The van der Waals surface area contributed by atoms with Crippen LogP contribution >= 0.6 is 0 Å². The number of carbonyl (C=O) groups excluding carboxylic acids is 2. The highest BCUT2D eigenvalue weighted by atomic mass is 28.4. The average Bonchev–Trinajstić information content (AvgIpc) is 2.86. The first-order valence-corrected chi connectivity index (χ1v) is 13.4. The number of allylic oxidation sites excluding steroid dienone is 1. The van der Waals surface area contributed by atoms with Crippen molar-refractivity contribution in [3.63, 3.8) is 0 Å². The summed E-state index contributed by atoms with van der Waals surface area (Å²) < 4.78 is 30.5. The van der Waals surface area contributed by atoms with Gasteiger partial charge < -0.3 is 19.0 Å². The third-order valence-electron chi connectivity index (χ3n) is 5.96. The van der Waals surface area contributed by atoms with Gasteiger partial charge in [-0.3, -0.25) is 9.59 Å². The smallest absolute Gasteiger partial charge is 0.320 e. The van der Waals surface area contributed by atoms with Crippen LogP contribution in [0, 0.1) is 5.92 Å². The molecule has 0 saturated carbocycles. The minimum atomic E-state index is -2.80. The molecule has 1 atom stereocenters. The van der Waals surface area contributed by atoms with Gasteiger partial charge in [-0.2, -0.15) is 0 Å². The van der Waals surface area contributed by atoms with E-state index in [1.54, 1.807) is 0 Å². The first-order chi connectivity index (χ1) is 16.6. The Hall–Kier alpha value is -2.81. The number of aliphatic hydroxyl groups is 1. The predicted octanol–water partition coefficient (Wildman–Crippen LogP) is 3.52. The summed E-state index contributed by atoms with van der Waals surface area (Å²) in [5.41, 5.74) is 0. The van der Waals surface area contributed by atoms with Gasteiger partial charge in [-0.15, -0.1) is 0 Å². The lowest BCUT2D eigenvalue weighted by Gasteiger charge is -2.43. The van der Waals surface area contributed by atoms with Gasteiger partial charge in [0.1, 0.15) is 11.9 Å². The fourth-order valence-electron chi connectivity index (χ4n) is 4.16. The summed E-state index contributed by atoms with van der Waals surface area (Å²) in [5, 5.41) is 12.3. The number of carbonyl (C=O) groups is 2. The van der Waals surface area contributed by atoms with E-state index in [0.717, 1.165) is 30.7 Å². The Labute approximate surface area is 207 Å². The molecule has 2 aromatic carbocycles. The van der Waals surface area contributed by atoms with Gasteiger partial charge in [0, 0.05) is 13.0 Å². The molecule has 0 spiro atoms. The van der Waals surface area contributed by atoms with Gasteiger partial charge in [-0.1, -0.05) is 81.4 Å². The molecule has 0 aliphatic rings. The van der Waals surface area contributed by atoms with Crippen LogP contribution in [0.3, 0.4) is 0 Å². The fourth-order valence-corrected chi connectivity index (χ4v) is 8.74. The van der Waals surface area contributed by atoms with E-state index in [-0.39, 0.29) is 24.5 Å². The molecule has 1 N–H and O–H groups in total. The van der Waals surface area contributed by atoms with E-state index in [9.17, 15) is 19.1 Å². The molecule has 6 nitrogen and oxygen atoms in total.